The van der Waals surface area contributed by atoms with Gasteiger partial charge in [0.1, 0.15) is 5.76 Å². The summed E-state index contributed by atoms with van der Waals surface area (Å²) in [5.41, 5.74) is 0.627. The van der Waals surface area contributed by atoms with Crippen LogP contribution in [0.2, 0.25) is 0 Å². The van der Waals surface area contributed by atoms with Crippen molar-refractivity contribution >= 4 is 17.7 Å². The summed E-state index contributed by atoms with van der Waals surface area (Å²) in [4.78, 5) is 25.1. The van der Waals surface area contributed by atoms with Crippen LogP contribution >= 0.6 is 0 Å². The monoisotopic (exact) mass is 356 g/mol. The number of rotatable bonds is 6. The molecule has 0 bridgehead atoms. The van der Waals surface area contributed by atoms with Crippen molar-refractivity contribution in [3.8, 4) is 0 Å². The van der Waals surface area contributed by atoms with Gasteiger partial charge in [-0.3, -0.25) is 9.59 Å². The molecule has 0 aliphatic heterocycles. The number of nitrogens with one attached hydrogen (secondary N) is 1. The number of benzene rings is 1. The average molecular weight is 356 g/mol. The van der Waals surface area contributed by atoms with Gasteiger partial charge in [-0.05, 0) is 25.7 Å². The predicted octanol–water partition coefficient (Wildman–Crippen LogP) is 4.18. The quantitative estimate of drug-likeness (QED) is 0.785. The number of carbonyl (C=O) groups excluding carboxylic acids is 2. The molecular formula is C20H24N2O4. The lowest BCUT2D eigenvalue weighted by atomic mass is 9.87. The van der Waals surface area contributed by atoms with Crippen molar-refractivity contribution in [2.75, 3.05) is 5.32 Å². The summed E-state index contributed by atoms with van der Waals surface area (Å²) in [5.74, 6) is 0.468. The highest BCUT2D eigenvalue weighted by Gasteiger charge is 2.27. The molecule has 1 aliphatic rings. The Morgan fingerprint density at radius 2 is 1.96 bits per heavy atom. The van der Waals surface area contributed by atoms with Gasteiger partial charge in [-0.25, -0.2) is 0 Å². The van der Waals surface area contributed by atoms with Crippen LogP contribution in [0, 0.1) is 12.8 Å². The van der Waals surface area contributed by atoms with Gasteiger partial charge >= 0.3 is 5.97 Å². The smallest absolute Gasteiger partial charge is 0.307 e. The van der Waals surface area contributed by atoms with E-state index in [1.165, 1.54) is 6.42 Å². The summed E-state index contributed by atoms with van der Waals surface area (Å²) in [6.07, 6.45) is 5.00. The molecule has 138 valence electrons. The standard InChI is InChI=1S/C20H24N2O4/c1-14-12-17(22-26-14)21-20(24)19(16-10-6-3-7-11-16)25-18(23)13-15-8-4-2-5-9-15/h3,6-7,10-12,15,19H,2,4-5,8-9,13H2,1H3,(H,21,22,24). The van der Waals surface area contributed by atoms with Crippen LogP contribution in [0.25, 0.3) is 0 Å². The number of ether oxygens (including phenoxy) is 1. The third kappa shape index (κ3) is 4.94. The summed E-state index contributed by atoms with van der Waals surface area (Å²) in [6, 6.07) is 10.6. The van der Waals surface area contributed by atoms with E-state index in [0.29, 0.717) is 29.5 Å². The van der Waals surface area contributed by atoms with Crippen LogP contribution in [-0.4, -0.2) is 17.0 Å². The lowest BCUT2D eigenvalue weighted by Crippen LogP contribution is -2.27. The van der Waals surface area contributed by atoms with Crippen LogP contribution in [0.5, 0.6) is 0 Å². The molecule has 1 atom stereocenters. The van der Waals surface area contributed by atoms with Crippen LogP contribution in [0.3, 0.4) is 0 Å². The number of amides is 1. The normalized spacial score (nSPS) is 16.0. The number of esters is 1. The number of hydrogen-bond acceptors (Lipinski definition) is 5. The van der Waals surface area contributed by atoms with E-state index >= 15 is 0 Å². The molecule has 1 unspecified atom stereocenters. The molecule has 3 rings (SSSR count). The van der Waals surface area contributed by atoms with Gasteiger partial charge in [0.05, 0.1) is 0 Å². The van der Waals surface area contributed by atoms with Gasteiger partial charge in [0, 0.05) is 18.1 Å². The molecule has 1 amide bonds. The maximum atomic E-state index is 12.7. The van der Waals surface area contributed by atoms with Crippen molar-refractivity contribution in [3.63, 3.8) is 0 Å². The highest BCUT2D eigenvalue weighted by atomic mass is 16.5. The third-order valence-electron chi connectivity index (χ3n) is 4.65. The number of anilines is 1. The summed E-state index contributed by atoms with van der Waals surface area (Å²) >= 11 is 0. The van der Waals surface area contributed by atoms with Crippen LogP contribution in [0.1, 0.15) is 56.0 Å². The SMILES string of the molecule is Cc1cc(NC(=O)C(OC(=O)CC2CCCCC2)c2ccccc2)no1. The van der Waals surface area contributed by atoms with E-state index in [2.05, 4.69) is 10.5 Å². The van der Waals surface area contributed by atoms with Gasteiger partial charge in [0.15, 0.2) is 5.82 Å². The molecule has 2 aromatic rings. The molecule has 1 N–H and O–H groups in total. The van der Waals surface area contributed by atoms with Crippen LogP contribution in [0.4, 0.5) is 5.82 Å². The van der Waals surface area contributed by atoms with E-state index in [1.807, 2.05) is 18.2 Å². The average Bonchev–Trinajstić information content (AvgIpc) is 3.06. The second-order valence-corrected chi connectivity index (χ2v) is 6.80. The molecule has 6 nitrogen and oxygen atoms in total. The zero-order valence-electron chi connectivity index (χ0n) is 14.9. The Bertz CT molecular complexity index is 735. The lowest BCUT2D eigenvalue weighted by Gasteiger charge is -2.22. The van der Waals surface area contributed by atoms with Crippen molar-refractivity contribution in [1.29, 1.82) is 0 Å². The van der Waals surface area contributed by atoms with E-state index in [4.69, 9.17) is 9.26 Å². The Morgan fingerprint density at radius 1 is 1.23 bits per heavy atom. The fourth-order valence-electron chi connectivity index (χ4n) is 3.32. The summed E-state index contributed by atoms with van der Waals surface area (Å²) in [5, 5.41) is 6.41. The van der Waals surface area contributed by atoms with E-state index in [9.17, 15) is 9.59 Å². The minimum absolute atomic E-state index is 0.303. The number of carbonyl (C=O) groups is 2. The Balaban J connectivity index is 1.68. The summed E-state index contributed by atoms with van der Waals surface area (Å²) < 4.78 is 10.5. The van der Waals surface area contributed by atoms with E-state index in [1.54, 1.807) is 25.1 Å². The van der Waals surface area contributed by atoms with E-state index < -0.39 is 12.0 Å². The molecule has 0 saturated heterocycles. The Morgan fingerprint density at radius 3 is 2.62 bits per heavy atom. The van der Waals surface area contributed by atoms with Crippen molar-refractivity contribution in [2.45, 2.75) is 51.6 Å². The number of hydrogen-bond donors (Lipinski definition) is 1. The van der Waals surface area contributed by atoms with Gasteiger partial charge < -0.3 is 14.6 Å². The first kappa shape index (κ1) is 18.2. The van der Waals surface area contributed by atoms with Gasteiger partial charge in [-0.15, -0.1) is 0 Å². The topological polar surface area (TPSA) is 81.4 Å². The van der Waals surface area contributed by atoms with Crippen LogP contribution < -0.4 is 5.32 Å². The van der Waals surface area contributed by atoms with Gasteiger partial charge in [-0.1, -0.05) is 54.8 Å². The van der Waals surface area contributed by atoms with Crippen molar-refractivity contribution in [2.24, 2.45) is 5.92 Å². The predicted molar refractivity (Wildman–Crippen MR) is 96.3 cm³/mol. The molecule has 0 radical (unpaired) electrons. The molecule has 1 saturated carbocycles. The van der Waals surface area contributed by atoms with E-state index in [0.717, 1.165) is 25.7 Å². The highest BCUT2D eigenvalue weighted by molar-refractivity contribution is 5.95. The van der Waals surface area contributed by atoms with Crippen molar-refractivity contribution in [3.05, 3.63) is 47.7 Å². The van der Waals surface area contributed by atoms with Crippen LogP contribution in [0.15, 0.2) is 40.9 Å². The maximum Gasteiger partial charge on any atom is 0.307 e. The minimum atomic E-state index is -1.01. The highest BCUT2D eigenvalue weighted by Crippen LogP contribution is 2.28. The summed E-state index contributed by atoms with van der Waals surface area (Å²) in [7, 11) is 0. The van der Waals surface area contributed by atoms with Gasteiger partial charge in [0.25, 0.3) is 5.91 Å². The molecule has 1 fully saturated rings. The number of nitrogens with zero attached hydrogens (tertiary/aromatic N) is 1. The third-order valence-corrected chi connectivity index (χ3v) is 4.65. The fraction of sp³-hybridized carbons (Fsp3) is 0.450. The molecule has 0 spiro atoms. The van der Waals surface area contributed by atoms with Gasteiger partial charge in [0.2, 0.25) is 6.10 Å². The van der Waals surface area contributed by atoms with Crippen molar-refractivity contribution in [1.82, 2.24) is 5.16 Å². The lowest BCUT2D eigenvalue weighted by molar-refractivity contribution is -0.155. The fourth-order valence-corrected chi connectivity index (χ4v) is 3.32. The van der Waals surface area contributed by atoms with Gasteiger partial charge in [-0.2, -0.15) is 0 Å². The molecule has 1 aromatic heterocycles. The molecule has 26 heavy (non-hydrogen) atoms. The molecule has 6 heteroatoms. The second kappa shape index (κ2) is 8.65. The molecule has 1 aromatic carbocycles. The zero-order valence-corrected chi connectivity index (χ0v) is 14.9. The summed E-state index contributed by atoms with van der Waals surface area (Å²) in [6.45, 7) is 1.74. The van der Waals surface area contributed by atoms with E-state index in [-0.39, 0.29) is 5.97 Å². The van der Waals surface area contributed by atoms with Crippen LogP contribution in [-0.2, 0) is 14.3 Å². The number of aryl methyl sites for hydroxylation is 1. The Labute approximate surface area is 152 Å². The molecular weight excluding hydrogens is 332 g/mol. The van der Waals surface area contributed by atoms with Crippen molar-refractivity contribution < 1.29 is 18.8 Å². The first-order valence-corrected chi connectivity index (χ1v) is 9.10. The first-order chi connectivity index (χ1) is 12.6. The maximum absolute atomic E-state index is 12.7. The first-order valence-electron chi connectivity index (χ1n) is 9.10. The minimum Gasteiger partial charge on any atom is -0.447 e. The Hall–Kier alpha value is -2.63. The largest absolute Gasteiger partial charge is 0.447 e. The Kier molecular flexibility index (Phi) is 6.04. The zero-order chi connectivity index (χ0) is 18.4. The molecule has 1 aliphatic carbocycles. The number of aromatic nitrogens is 1. The second-order valence-electron chi connectivity index (χ2n) is 6.80. The molecule has 1 heterocycles.